The second-order valence-electron chi connectivity index (χ2n) is 6.93. The van der Waals surface area contributed by atoms with Crippen LogP contribution in [0.5, 0.6) is 0 Å². The van der Waals surface area contributed by atoms with Gasteiger partial charge in [-0.05, 0) is 54.8 Å². The number of carbonyl (C=O) groups excluding carboxylic acids is 2. The molecule has 3 N–H and O–H groups in total. The Morgan fingerprint density at radius 2 is 1.76 bits per heavy atom. The zero-order chi connectivity index (χ0) is 20.8. The third-order valence-electron chi connectivity index (χ3n) is 4.81. The van der Waals surface area contributed by atoms with Gasteiger partial charge < -0.3 is 20.6 Å². The molecule has 1 aliphatic heterocycles. The second-order valence-corrected chi connectivity index (χ2v) is 6.93. The van der Waals surface area contributed by atoms with Crippen LogP contribution in [0, 0.1) is 5.82 Å². The summed E-state index contributed by atoms with van der Waals surface area (Å²) in [5.41, 5.74) is 1.60. The van der Waals surface area contributed by atoms with Gasteiger partial charge in [0.05, 0.1) is 5.56 Å². The van der Waals surface area contributed by atoms with Gasteiger partial charge in [0.15, 0.2) is 0 Å². The molecule has 3 amide bonds. The van der Waals surface area contributed by atoms with Crippen molar-refractivity contribution in [3.05, 3.63) is 65.5 Å². The van der Waals surface area contributed by atoms with Crippen molar-refractivity contribution in [1.82, 2.24) is 10.2 Å². The second kappa shape index (κ2) is 9.18. The molecule has 0 aliphatic carbocycles. The van der Waals surface area contributed by atoms with Gasteiger partial charge in [-0.25, -0.2) is 14.0 Å². The number of amides is 3. The number of urea groups is 1. The van der Waals surface area contributed by atoms with Crippen molar-refractivity contribution in [2.45, 2.75) is 25.3 Å². The van der Waals surface area contributed by atoms with Crippen LogP contribution in [0.15, 0.2) is 48.5 Å². The molecule has 7 nitrogen and oxygen atoms in total. The average Bonchev–Trinajstić information content (AvgIpc) is 3.16. The van der Waals surface area contributed by atoms with E-state index in [1.807, 2.05) is 0 Å². The predicted molar refractivity (Wildman–Crippen MR) is 105 cm³/mol. The summed E-state index contributed by atoms with van der Waals surface area (Å²) in [5.74, 6) is -1.36. The molecule has 0 aromatic heterocycles. The van der Waals surface area contributed by atoms with Crippen LogP contribution < -0.4 is 10.6 Å². The minimum absolute atomic E-state index is 0.00412. The third kappa shape index (κ3) is 5.78. The Kier molecular flexibility index (Phi) is 6.43. The Balaban J connectivity index is 1.42. The van der Waals surface area contributed by atoms with Crippen LogP contribution in [0.4, 0.5) is 14.9 Å². The number of carbonyl (C=O) groups is 3. The molecule has 8 heteroatoms. The van der Waals surface area contributed by atoms with Gasteiger partial charge in [0.25, 0.3) is 0 Å². The Hall–Kier alpha value is -3.42. The van der Waals surface area contributed by atoms with Crippen LogP contribution in [0.25, 0.3) is 0 Å². The van der Waals surface area contributed by atoms with Gasteiger partial charge in [-0.1, -0.05) is 12.1 Å². The van der Waals surface area contributed by atoms with Crippen LogP contribution in [0.1, 0.15) is 28.8 Å². The van der Waals surface area contributed by atoms with Crippen molar-refractivity contribution in [3.8, 4) is 0 Å². The standard InChI is InChI=1S/C21H22FN3O4/c22-16-6-8-17(9-7-16)23-21(29)24-18-11-12-25(13-18)19(26)10-3-14-1-4-15(5-2-14)20(27)28/h1-2,4-9,18H,3,10-13H2,(H,27,28)(H2,23,24,29). The molecule has 1 unspecified atom stereocenters. The third-order valence-corrected chi connectivity index (χ3v) is 4.81. The van der Waals surface area contributed by atoms with E-state index in [2.05, 4.69) is 10.6 Å². The number of benzene rings is 2. The first-order valence-electron chi connectivity index (χ1n) is 9.34. The largest absolute Gasteiger partial charge is 0.478 e. The zero-order valence-electron chi connectivity index (χ0n) is 15.7. The van der Waals surface area contributed by atoms with Gasteiger partial charge in [0, 0.05) is 31.2 Å². The first-order chi connectivity index (χ1) is 13.9. The quantitative estimate of drug-likeness (QED) is 0.696. The Morgan fingerprint density at radius 1 is 1.07 bits per heavy atom. The van der Waals surface area contributed by atoms with Gasteiger partial charge >= 0.3 is 12.0 Å². The zero-order valence-corrected chi connectivity index (χ0v) is 15.7. The summed E-state index contributed by atoms with van der Waals surface area (Å²) in [6.45, 7) is 1.01. The highest BCUT2D eigenvalue weighted by Crippen LogP contribution is 2.14. The summed E-state index contributed by atoms with van der Waals surface area (Å²) >= 11 is 0. The van der Waals surface area contributed by atoms with Crippen molar-refractivity contribution >= 4 is 23.6 Å². The number of carboxylic acids is 1. The molecule has 1 heterocycles. The number of nitrogens with one attached hydrogen (secondary N) is 2. The molecule has 0 bridgehead atoms. The fourth-order valence-electron chi connectivity index (χ4n) is 3.21. The lowest BCUT2D eigenvalue weighted by Gasteiger charge is -2.17. The minimum Gasteiger partial charge on any atom is -0.478 e. The van der Waals surface area contributed by atoms with Crippen LogP contribution >= 0.6 is 0 Å². The SMILES string of the molecule is O=C(Nc1ccc(F)cc1)NC1CCN(C(=O)CCc2ccc(C(=O)O)cc2)C1. The number of rotatable bonds is 6. The van der Waals surface area contributed by atoms with Crippen molar-refractivity contribution < 1.29 is 23.9 Å². The van der Waals surface area contributed by atoms with E-state index < -0.39 is 12.0 Å². The first kappa shape index (κ1) is 20.3. The van der Waals surface area contributed by atoms with Crippen LogP contribution in [0.3, 0.4) is 0 Å². The number of nitrogens with zero attached hydrogens (tertiary/aromatic N) is 1. The van der Waals surface area contributed by atoms with E-state index in [1.54, 1.807) is 17.0 Å². The predicted octanol–water partition coefficient (Wildman–Crippen LogP) is 2.88. The van der Waals surface area contributed by atoms with Crippen LogP contribution in [-0.2, 0) is 11.2 Å². The maximum atomic E-state index is 12.9. The van der Waals surface area contributed by atoms with Crippen LogP contribution in [0.2, 0.25) is 0 Å². The lowest BCUT2D eigenvalue weighted by molar-refractivity contribution is -0.130. The number of likely N-dealkylation sites (tertiary alicyclic amines) is 1. The number of anilines is 1. The highest BCUT2D eigenvalue weighted by molar-refractivity contribution is 5.89. The Morgan fingerprint density at radius 3 is 2.41 bits per heavy atom. The molecule has 152 valence electrons. The van der Waals surface area contributed by atoms with E-state index in [1.165, 1.54) is 36.4 Å². The molecule has 1 aliphatic rings. The maximum Gasteiger partial charge on any atom is 0.335 e. The highest BCUT2D eigenvalue weighted by atomic mass is 19.1. The molecule has 1 atom stereocenters. The van der Waals surface area contributed by atoms with Crippen molar-refractivity contribution in [1.29, 1.82) is 0 Å². The van der Waals surface area contributed by atoms with Crippen molar-refractivity contribution in [2.24, 2.45) is 0 Å². The molecular formula is C21H22FN3O4. The fraction of sp³-hybridized carbons (Fsp3) is 0.286. The number of hydrogen-bond acceptors (Lipinski definition) is 3. The van der Waals surface area contributed by atoms with Crippen molar-refractivity contribution in [3.63, 3.8) is 0 Å². The number of aryl methyl sites for hydroxylation is 1. The Labute approximate surface area is 167 Å². The molecule has 1 saturated heterocycles. The minimum atomic E-state index is -0.980. The molecule has 0 saturated carbocycles. The van der Waals surface area contributed by atoms with E-state index in [0.717, 1.165) is 5.56 Å². The summed E-state index contributed by atoms with van der Waals surface area (Å²) in [4.78, 5) is 37.1. The van der Waals surface area contributed by atoms with E-state index in [4.69, 9.17) is 5.11 Å². The molecule has 0 radical (unpaired) electrons. The van der Waals surface area contributed by atoms with E-state index in [9.17, 15) is 18.8 Å². The summed E-state index contributed by atoms with van der Waals surface area (Å²) in [6.07, 6.45) is 1.51. The van der Waals surface area contributed by atoms with Gasteiger partial charge in [-0.15, -0.1) is 0 Å². The topological polar surface area (TPSA) is 98.7 Å². The Bertz CT molecular complexity index is 884. The van der Waals surface area contributed by atoms with Gasteiger partial charge in [-0.3, -0.25) is 4.79 Å². The summed E-state index contributed by atoms with van der Waals surface area (Å²) < 4.78 is 12.9. The number of carboxylic acid groups (broad SMARTS) is 1. The lowest BCUT2D eigenvalue weighted by Crippen LogP contribution is -2.40. The number of aromatic carboxylic acids is 1. The maximum absolute atomic E-state index is 12.9. The summed E-state index contributed by atoms with van der Waals surface area (Å²) in [6, 6.07) is 11.4. The van der Waals surface area contributed by atoms with Gasteiger partial charge in [0.2, 0.25) is 5.91 Å². The summed E-state index contributed by atoms with van der Waals surface area (Å²) in [7, 11) is 0. The first-order valence-corrected chi connectivity index (χ1v) is 9.34. The summed E-state index contributed by atoms with van der Waals surface area (Å²) in [5, 5.41) is 14.4. The number of hydrogen-bond donors (Lipinski definition) is 3. The lowest BCUT2D eigenvalue weighted by atomic mass is 10.1. The monoisotopic (exact) mass is 399 g/mol. The normalized spacial score (nSPS) is 15.8. The average molecular weight is 399 g/mol. The van der Waals surface area contributed by atoms with Crippen molar-refractivity contribution in [2.75, 3.05) is 18.4 Å². The highest BCUT2D eigenvalue weighted by Gasteiger charge is 2.27. The van der Waals surface area contributed by atoms with Crippen LogP contribution in [-0.4, -0.2) is 47.0 Å². The molecule has 2 aromatic rings. The van der Waals surface area contributed by atoms with E-state index in [0.29, 0.717) is 38.0 Å². The molecular weight excluding hydrogens is 377 g/mol. The molecule has 2 aromatic carbocycles. The molecule has 29 heavy (non-hydrogen) atoms. The van der Waals surface area contributed by atoms with E-state index in [-0.39, 0.29) is 23.3 Å². The van der Waals surface area contributed by atoms with Gasteiger partial charge in [0.1, 0.15) is 5.82 Å². The molecule has 3 rings (SSSR count). The molecule has 0 spiro atoms. The van der Waals surface area contributed by atoms with E-state index >= 15 is 0 Å². The fourth-order valence-corrected chi connectivity index (χ4v) is 3.21. The van der Waals surface area contributed by atoms with Gasteiger partial charge in [-0.2, -0.15) is 0 Å². The number of halogens is 1. The smallest absolute Gasteiger partial charge is 0.335 e. The molecule has 1 fully saturated rings.